The number of likely N-dealkylation sites (N-methyl/N-ethyl adjacent to an activating group) is 1. The number of amides is 1. The molecule has 0 bridgehead atoms. The van der Waals surface area contributed by atoms with E-state index in [1.807, 2.05) is 13.0 Å². The molecule has 4 rings (SSSR count). The van der Waals surface area contributed by atoms with E-state index in [0.29, 0.717) is 22.2 Å². The number of nitrogens with zero attached hydrogens (tertiary/aromatic N) is 3. The second-order valence-corrected chi connectivity index (χ2v) is 7.44. The van der Waals surface area contributed by atoms with E-state index in [1.165, 1.54) is 16.7 Å². The predicted molar refractivity (Wildman–Crippen MR) is 102 cm³/mol. The molecule has 2 aliphatic rings. The summed E-state index contributed by atoms with van der Waals surface area (Å²) in [5.41, 5.74) is 5.30. The number of thioether (sulfide) groups is 1. The maximum Gasteiger partial charge on any atom is 0.258 e. The Morgan fingerprint density at radius 3 is 2.81 bits per heavy atom. The lowest BCUT2D eigenvalue weighted by atomic mass is 9.69. The van der Waals surface area contributed by atoms with Gasteiger partial charge in [0.1, 0.15) is 23.1 Å². The fraction of sp³-hybridized carbons (Fsp3) is 0.222. The van der Waals surface area contributed by atoms with Crippen LogP contribution in [-0.2, 0) is 10.2 Å². The summed E-state index contributed by atoms with van der Waals surface area (Å²) in [5, 5.41) is 13.1. The van der Waals surface area contributed by atoms with Gasteiger partial charge in [-0.2, -0.15) is 5.26 Å². The number of aromatic nitrogens is 2. The van der Waals surface area contributed by atoms with Crippen molar-refractivity contribution in [2.75, 3.05) is 23.0 Å². The van der Waals surface area contributed by atoms with E-state index in [4.69, 9.17) is 5.73 Å². The van der Waals surface area contributed by atoms with Gasteiger partial charge in [-0.15, -0.1) is 0 Å². The van der Waals surface area contributed by atoms with Crippen LogP contribution in [0.4, 0.5) is 11.5 Å². The molecule has 9 heteroatoms. The van der Waals surface area contributed by atoms with E-state index in [0.717, 1.165) is 0 Å². The Labute approximate surface area is 159 Å². The Morgan fingerprint density at radius 1 is 1.37 bits per heavy atom. The number of carbonyl (C=O) groups excluding carboxylic acids is 1. The van der Waals surface area contributed by atoms with Crippen LogP contribution in [0.2, 0.25) is 0 Å². The molecule has 1 aromatic heterocycles. The van der Waals surface area contributed by atoms with Crippen molar-refractivity contribution in [1.82, 2.24) is 9.97 Å². The number of H-pyrrole nitrogens is 1. The van der Waals surface area contributed by atoms with Crippen LogP contribution >= 0.6 is 11.8 Å². The molecule has 0 saturated carbocycles. The number of aromatic amines is 1. The Morgan fingerprint density at radius 2 is 2.11 bits per heavy atom. The SMILES string of the molecule is CCSc1nc2c(c(=O)[nH]1)[C@]1(C(=O)N(C)c3ccccc31)C(C#N)=C(N)N2. The van der Waals surface area contributed by atoms with Crippen LogP contribution in [0, 0.1) is 11.3 Å². The van der Waals surface area contributed by atoms with Gasteiger partial charge in [-0.25, -0.2) is 4.98 Å². The summed E-state index contributed by atoms with van der Waals surface area (Å²) in [7, 11) is 1.62. The number of nitrogens with two attached hydrogens (primary N) is 1. The van der Waals surface area contributed by atoms with Crippen LogP contribution in [0.3, 0.4) is 0 Å². The molecule has 8 nitrogen and oxygen atoms in total. The van der Waals surface area contributed by atoms with E-state index in [1.54, 1.807) is 31.3 Å². The Balaban J connectivity index is 2.15. The summed E-state index contributed by atoms with van der Waals surface area (Å²) in [5.74, 6) is 0.527. The van der Waals surface area contributed by atoms with Crippen molar-refractivity contribution >= 4 is 29.2 Å². The first kappa shape index (κ1) is 17.2. The highest BCUT2D eigenvalue weighted by atomic mass is 32.2. The van der Waals surface area contributed by atoms with Gasteiger partial charge >= 0.3 is 0 Å². The van der Waals surface area contributed by atoms with Crippen LogP contribution in [0.1, 0.15) is 18.1 Å². The average Bonchev–Trinajstić information content (AvgIpc) is 2.85. The zero-order chi connectivity index (χ0) is 19.3. The highest BCUT2D eigenvalue weighted by Gasteiger charge is 2.59. The highest BCUT2D eigenvalue weighted by molar-refractivity contribution is 7.99. The molecule has 0 fully saturated rings. The van der Waals surface area contributed by atoms with Gasteiger partial charge in [0.25, 0.3) is 5.56 Å². The Kier molecular flexibility index (Phi) is 3.75. The molecule has 0 unspecified atom stereocenters. The van der Waals surface area contributed by atoms with E-state index < -0.39 is 16.9 Å². The lowest BCUT2D eigenvalue weighted by Crippen LogP contribution is -2.49. The Hall–Kier alpha value is -3.25. The van der Waals surface area contributed by atoms with Crippen molar-refractivity contribution in [3.05, 3.63) is 57.1 Å². The number of carbonyl (C=O) groups is 1. The summed E-state index contributed by atoms with van der Waals surface area (Å²) in [4.78, 5) is 35.1. The number of hydrogen-bond donors (Lipinski definition) is 3. The zero-order valence-electron chi connectivity index (χ0n) is 14.7. The summed E-state index contributed by atoms with van der Waals surface area (Å²) in [6, 6.07) is 9.13. The number of rotatable bonds is 2. The van der Waals surface area contributed by atoms with Crippen LogP contribution in [0.25, 0.3) is 0 Å². The number of nitrogens with one attached hydrogen (secondary N) is 2. The van der Waals surface area contributed by atoms with Crippen LogP contribution < -0.4 is 21.5 Å². The van der Waals surface area contributed by atoms with E-state index >= 15 is 0 Å². The smallest absolute Gasteiger partial charge is 0.258 e. The predicted octanol–water partition coefficient (Wildman–Crippen LogP) is 1.26. The zero-order valence-corrected chi connectivity index (χ0v) is 15.5. The molecule has 4 N–H and O–H groups in total. The van der Waals surface area contributed by atoms with Gasteiger partial charge in [-0.05, 0) is 11.8 Å². The second kappa shape index (κ2) is 5.89. The van der Waals surface area contributed by atoms with Crippen molar-refractivity contribution < 1.29 is 4.79 Å². The third kappa shape index (κ3) is 2.07. The van der Waals surface area contributed by atoms with Gasteiger partial charge in [0.05, 0.1) is 11.1 Å². The molecule has 1 aromatic carbocycles. The molecule has 2 aliphatic heterocycles. The van der Waals surface area contributed by atoms with E-state index in [2.05, 4.69) is 15.3 Å². The first-order valence-corrected chi connectivity index (χ1v) is 9.28. The minimum atomic E-state index is -1.61. The largest absolute Gasteiger partial charge is 0.384 e. The normalized spacial score (nSPS) is 20.3. The van der Waals surface area contributed by atoms with Crippen LogP contribution in [0.5, 0.6) is 0 Å². The lowest BCUT2D eigenvalue weighted by Gasteiger charge is -2.33. The Bertz CT molecular complexity index is 1120. The van der Waals surface area contributed by atoms with Gasteiger partial charge < -0.3 is 20.9 Å². The van der Waals surface area contributed by atoms with Crippen molar-refractivity contribution in [3.63, 3.8) is 0 Å². The summed E-state index contributed by atoms with van der Waals surface area (Å²) in [6.07, 6.45) is 0. The van der Waals surface area contributed by atoms with Gasteiger partial charge in [0.15, 0.2) is 5.16 Å². The van der Waals surface area contributed by atoms with Crippen LogP contribution in [0.15, 0.2) is 45.6 Å². The molecule has 27 heavy (non-hydrogen) atoms. The molecule has 1 spiro atoms. The van der Waals surface area contributed by atoms with E-state index in [-0.39, 0.29) is 22.8 Å². The molecular weight excluding hydrogens is 364 g/mol. The fourth-order valence-electron chi connectivity index (χ4n) is 3.80. The number of benzene rings is 1. The van der Waals surface area contributed by atoms with Gasteiger partial charge in [-0.1, -0.05) is 36.9 Å². The third-order valence-electron chi connectivity index (χ3n) is 4.86. The molecule has 136 valence electrons. The second-order valence-electron chi connectivity index (χ2n) is 6.18. The number of hydrogen-bond acceptors (Lipinski definition) is 7. The molecule has 1 amide bonds. The standard InChI is InChI=1S/C18H16N6O2S/c1-3-27-17-22-14-12(15(25)23-17)18(10(8-19)13(20)21-14)9-6-4-5-7-11(9)24(2)16(18)26/h4-7H,3,20H2,1-2H3,(H2,21,22,23,25)/t18-/m1/s1. The van der Waals surface area contributed by atoms with Gasteiger partial charge in [0, 0.05) is 18.3 Å². The molecule has 2 aromatic rings. The summed E-state index contributed by atoms with van der Waals surface area (Å²) < 4.78 is 0. The van der Waals surface area contributed by atoms with Crippen LogP contribution in [-0.4, -0.2) is 28.7 Å². The topological polar surface area (TPSA) is 128 Å². The molecule has 0 saturated heterocycles. The molecule has 0 radical (unpaired) electrons. The molecule has 3 heterocycles. The number of fused-ring (bicyclic) bond motifs is 4. The molecular formula is C18H16N6O2S. The minimum absolute atomic E-state index is 0.00000501. The quantitative estimate of drug-likeness (QED) is 0.528. The van der Waals surface area contributed by atoms with Crippen molar-refractivity contribution in [3.8, 4) is 6.07 Å². The van der Waals surface area contributed by atoms with Crippen molar-refractivity contribution in [2.24, 2.45) is 5.73 Å². The van der Waals surface area contributed by atoms with Gasteiger partial charge in [-0.3, -0.25) is 9.59 Å². The number of anilines is 2. The van der Waals surface area contributed by atoms with E-state index in [9.17, 15) is 14.9 Å². The maximum absolute atomic E-state index is 13.5. The number of para-hydroxylation sites is 1. The van der Waals surface area contributed by atoms with Crippen molar-refractivity contribution in [1.29, 1.82) is 5.26 Å². The minimum Gasteiger partial charge on any atom is -0.384 e. The highest BCUT2D eigenvalue weighted by Crippen LogP contribution is 2.52. The van der Waals surface area contributed by atoms with Crippen molar-refractivity contribution in [2.45, 2.75) is 17.5 Å². The van der Waals surface area contributed by atoms with Gasteiger partial charge in [0.2, 0.25) is 5.91 Å². The molecule has 0 aliphatic carbocycles. The summed E-state index contributed by atoms with van der Waals surface area (Å²) >= 11 is 1.36. The molecule has 1 atom stereocenters. The fourth-order valence-corrected chi connectivity index (χ4v) is 4.39. The first-order valence-electron chi connectivity index (χ1n) is 8.29. The third-order valence-corrected chi connectivity index (χ3v) is 5.61. The average molecular weight is 380 g/mol. The summed E-state index contributed by atoms with van der Waals surface area (Å²) in [6.45, 7) is 1.94. The number of nitriles is 1. The lowest BCUT2D eigenvalue weighted by molar-refractivity contribution is -0.120. The monoisotopic (exact) mass is 380 g/mol. The first-order chi connectivity index (χ1) is 13.0. The maximum atomic E-state index is 13.5.